The van der Waals surface area contributed by atoms with Crippen molar-refractivity contribution in [3.05, 3.63) is 108 Å². The van der Waals surface area contributed by atoms with Crippen LogP contribution in [-0.4, -0.2) is 29.0 Å². The van der Waals surface area contributed by atoms with E-state index in [-0.39, 0.29) is 0 Å². The Labute approximate surface area is 259 Å². The van der Waals surface area contributed by atoms with Crippen LogP contribution < -0.4 is 0 Å². The minimum absolute atomic E-state index is 0.328. The second kappa shape index (κ2) is 8.13. The van der Waals surface area contributed by atoms with E-state index in [1.165, 1.54) is 93.3 Å². The molecule has 42 heavy (non-hydrogen) atoms. The minimum atomic E-state index is 0.328. The molecule has 4 heterocycles. The molecule has 0 aliphatic rings. The van der Waals surface area contributed by atoms with E-state index in [9.17, 15) is 0 Å². The van der Waals surface area contributed by atoms with Gasteiger partial charge in [0.15, 0.2) is 0 Å². The molecule has 0 unspecified atom stereocenters. The Hall–Kier alpha value is -3.46. The second-order valence-electron chi connectivity index (χ2n) is 11.5. The fraction of sp³-hybridized carbons (Fsp3) is 0. The summed E-state index contributed by atoms with van der Waals surface area (Å²) in [6.07, 6.45) is 0. The number of benzene rings is 7. The quantitative estimate of drug-likeness (QED) is 0.109. The molecule has 194 valence electrons. The first kappa shape index (κ1) is 23.1. The summed E-state index contributed by atoms with van der Waals surface area (Å²) in [7, 11) is 0. The summed E-state index contributed by atoms with van der Waals surface area (Å²) in [6, 6.07) is 38.5. The summed E-state index contributed by atoms with van der Waals surface area (Å²) in [6.45, 7) is 0. The van der Waals surface area contributed by atoms with Gasteiger partial charge in [0.25, 0.3) is 0 Å². The van der Waals surface area contributed by atoms with Gasteiger partial charge in [-0.2, -0.15) is 0 Å². The van der Waals surface area contributed by atoms with Crippen LogP contribution in [0.5, 0.6) is 0 Å². The number of hydrogen-bond acceptors (Lipinski definition) is 2. The van der Waals surface area contributed by atoms with E-state index in [0.717, 1.165) is 0 Å². The van der Waals surface area contributed by atoms with Gasteiger partial charge in [-0.05, 0) is 0 Å². The first-order valence-corrected chi connectivity index (χ1v) is 19.2. The first-order valence-electron chi connectivity index (χ1n) is 14.0. The van der Waals surface area contributed by atoms with E-state index in [1.54, 1.807) is 8.52 Å². The van der Waals surface area contributed by atoms with Crippen molar-refractivity contribution in [2.45, 2.75) is 0 Å². The molecular formula is C38H18S2Se2. The van der Waals surface area contributed by atoms with Crippen LogP contribution in [0.4, 0.5) is 0 Å². The van der Waals surface area contributed by atoms with Crippen molar-refractivity contribution < 1.29 is 0 Å². The van der Waals surface area contributed by atoms with Crippen LogP contribution in [0.3, 0.4) is 0 Å². The summed E-state index contributed by atoms with van der Waals surface area (Å²) in [4.78, 5) is 0. The van der Waals surface area contributed by atoms with Crippen LogP contribution in [-0.2, 0) is 0 Å². The van der Waals surface area contributed by atoms with E-state index in [4.69, 9.17) is 0 Å². The Balaban J connectivity index is 1.15. The molecule has 0 N–H and O–H groups in total. The summed E-state index contributed by atoms with van der Waals surface area (Å²) in [5.74, 6) is 0. The molecule has 0 amide bonds. The van der Waals surface area contributed by atoms with Gasteiger partial charge in [0.2, 0.25) is 0 Å². The van der Waals surface area contributed by atoms with Gasteiger partial charge in [0, 0.05) is 0 Å². The van der Waals surface area contributed by atoms with E-state index in [2.05, 4.69) is 108 Å². The third kappa shape index (κ3) is 3.18. The molecule has 11 aromatic rings. The molecular weight excluding hydrogens is 678 g/mol. The molecule has 4 heteroatoms. The number of thiophene rings is 2. The van der Waals surface area contributed by atoms with E-state index >= 15 is 0 Å². The van der Waals surface area contributed by atoms with Crippen molar-refractivity contribution in [3.63, 3.8) is 0 Å². The van der Waals surface area contributed by atoms with E-state index < -0.39 is 0 Å². The maximum atomic E-state index is 2.55. The molecule has 0 bridgehead atoms. The van der Waals surface area contributed by atoms with Crippen LogP contribution in [0.15, 0.2) is 108 Å². The van der Waals surface area contributed by atoms with Gasteiger partial charge in [-0.3, -0.25) is 0 Å². The molecule has 0 radical (unpaired) electrons. The van der Waals surface area contributed by atoms with Crippen LogP contribution >= 0.6 is 22.7 Å². The molecule has 11 rings (SSSR count). The van der Waals surface area contributed by atoms with Gasteiger partial charge in [-0.25, -0.2) is 0 Å². The van der Waals surface area contributed by atoms with Gasteiger partial charge in [0.1, 0.15) is 0 Å². The van der Waals surface area contributed by atoms with Gasteiger partial charge < -0.3 is 0 Å². The van der Waals surface area contributed by atoms with Gasteiger partial charge in [-0.15, -0.1) is 0 Å². The van der Waals surface area contributed by atoms with Crippen LogP contribution in [0.2, 0.25) is 0 Å². The van der Waals surface area contributed by atoms with Crippen molar-refractivity contribution in [1.82, 2.24) is 0 Å². The average molecular weight is 697 g/mol. The van der Waals surface area contributed by atoms with E-state index in [1.807, 2.05) is 22.7 Å². The fourth-order valence-corrected chi connectivity index (χ4v) is 13.5. The molecule has 0 atom stereocenters. The summed E-state index contributed by atoms with van der Waals surface area (Å²) >= 11 is 4.32. The normalized spacial score (nSPS) is 12.8. The molecule has 0 spiro atoms. The molecule has 0 nitrogen and oxygen atoms in total. The zero-order chi connectivity index (χ0) is 27.1. The van der Waals surface area contributed by atoms with Crippen LogP contribution in [0.25, 0.3) is 102 Å². The van der Waals surface area contributed by atoms with Gasteiger partial charge >= 0.3 is 261 Å². The Bertz CT molecular complexity index is 2760. The molecule has 0 saturated carbocycles. The molecule has 0 saturated heterocycles. The topological polar surface area (TPSA) is 0 Å². The van der Waals surface area contributed by atoms with Gasteiger partial charge in [0.05, 0.1) is 0 Å². The van der Waals surface area contributed by atoms with Crippen molar-refractivity contribution in [1.29, 1.82) is 0 Å². The first-order chi connectivity index (χ1) is 20.7. The second-order valence-corrected chi connectivity index (χ2v) is 17.9. The fourth-order valence-electron chi connectivity index (χ4n) is 6.96. The SMILES string of the molecule is c1cc2cc3cc4cc5[se]c6cc7c(cc6c5cc4cc3cc2s1)[se]c1cc2cc3cc4ccsc4cc3cc2cc17. The van der Waals surface area contributed by atoms with Crippen molar-refractivity contribution >= 4 is 154 Å². The number of rotatable bonds is 0. The van der Waals surface area contributed by atoms with Crippen molar-refractivity contribution in [2.24, 2.45) is 0 Å². The summed E-state index contributed by atoms with van der Waals surface area (Å²) in [5.41, 5.74) is 0. The predicted octanol–water partition coefficient (Wildman–Crippen LogP) is 11.5. The number of fused-ring (bicyclic) bond motifs is 12. The molecule has 0 aliphatic heterocycles. The van der Waals surface area contributed by atoms with Gasteiger partial charge in [-0.1, -0.05) is 0 Å². The third-order valence-electron chi connectivity index (χ3n) is 9.03. The Kier molecular flexibility index (Phi) is 4.46. The molecule has 0 aliphatic carbocycles. The zero-order valence-corrected chi connectivity index (χ0v) is 27.1. The Morgan fingerprint density at radius 2 is 0.643 bits per heavy atom. The number of hydrogen-bond donors (Lipinski definition) is 0. The van der Waals surface area contributed by atoms with Crippen LogP contribution in [0.1, 0.15) is 0 Å². The molecule has 0 fully saturated rings. The Morgan fingerprint density at radius 1 is 0.310 bits per heavy atom. The standard InChI is InChI=1S/C38H18S2Se2/c1-3-39-33-13-25-9-23-11-29-31-17-38-32(18-37(31)41-35(29)15-27(23)7-21(25)5-19(1)33)30-12-24-10-26-14-34-20(2-4-40-34)6-22(26)8-28(24)16-36(30)42-38/h1-18H. The third-order valence-corrected chi connectivity index (χ3v) is 15.5. The molecule has 4 aromatic heterocycles. The zero-order valence-electron chi connectivity index (χ0n) is 22.0. The monoisotopic (exact) mass is 698 g/mol. The van der Waals surface area contributed by atoms with Crippen molar-refractivity contribution in [3.8, 4) is 0 Å². The average Bonchev–Trinajstić information content (AvgIpc) is 3.78. The predicted molar refractivity (Wildman–Crippen MR) is 191 cm³/mol. The molecule has 7 aromatic carbocycles. The van der Waals surface area contributed by atoms with Crippen molar-refractivity contribution in [2.75, 3.05) is 0 Å². The summed E-state index contributed by atoms with van der Waals surface area (Å²) in [5, 5.41) is 23.8. The van der Waals surface area contributed by atoms with E-state index in [0.29, 0.717) is 29.0 Å². The summed E-state index contributed by atoms with van der Waals surface area (Å²) < 4.78 is 8.88. The van der Waals surface area contributed by atoms with Crippen LogP contribution in [0, 0.1) is 0 Å². The Morgan fingerprint density at radius 3 is 1.12 bits per heavy atom. The maximum absolute atomic E-state index is 2.55.